The van der Waals surface area contributed by atoms with Gasteiger partial charge in [-0.2, -0.15) is 0 Å². The summed E-state index contributed by atoms with van der Waals surface area (Å²) < 4.78 is 41.8. The van der Waals surface area contributed by atoms with Crippen molar-refractivity contribution in [3.05, 3.63) is 125 Å². The molecule has 0 amide bonds. The van der Waals surface area contributed by atoms with Gasteiger partial charge in [-0.15, -0.1) is 0 Å². The topological polar surface area (TPSA) is 84.8 Å². The van der Waals surface area contributed by atoms with E-state index in [-0.39, 0.29) is 35.1 Å². The Morgan fingerprint density at radius 1 is 0.648 bits per heavy atom. The Balaban J connectivity index is 0.000000948. The summed E-state index contributed by atoms with van der Waals surface area (Å²) in [6.45, 7) is 22.0. The van der Waals surface area contributed by atoms with Crippen molar-refractivity contribution in [2.24, 2.45) is 17.3 Å². The van der Waals surface area contributed by atoms with Gasteiger partial charge < -0.3 is 38.3 Å². The first kappa shape index (κ1) is 56.2. The summed E-state index contributed by atoms with van der Waals surface area (Å²) in [5, 5.41) is 10.3. The molecule has 4 atom stereocenters. The van der Waals surface area contributed by atoms with Crippen molar-refractivity contribution in [1.82, 2.24) is 0 Å². The first-order valence-corrected chi connectivity index (χ1v) is 27.9. The second-order valence-corrected chi connectivity index (χ2v) is 21.4. The zero-order chi connectivity index (χ0) is 50.5. The molecule has 4 aliphatic heterocycles. The largest absolute Gasteiger partial charge is 0.513 e. The zero-order valence-corrected chi connectivity index (χ0v) is 45.2. The van der Waals surface area contributed by atoms with Crippen molar-refractivity contribution in [3.63, 3.8) is 0 Å². The molecule has 3 aromatic carbocycles. The third-order valence-corrected chi connectivity index (χ3v) is 16.3. The van der Waals surface area contributed by atoms with Gasteiger partial charge >= 0.3 is 0 Å². The lowest BCUT2D eigenvalue weighted by atomic mass is 9.56. The van der Waals surface area contributed by atoms with Crippen molar-refractivity contribution < 1.29 is 38.3 Å². The number of aliphatic hydroxyl groups excluding tert-OH is 1. The normalized spacial score (nSPS) is 25.9. The summed E-state index contributed by atoms with van der Waals surface area (Å²) in [5.41, 5.74) is 4.74. The van der Waals surface area contributed by atoms with Gasteiger partial charge in [-0.05, 0) is 192 Å². The van der Waals surface area contributed by atoms with Gasteiger partial charge in [-0.3, -0.25) is 0 Å². The van der Waals surface area contributed by atoms with Gasteiger partial charge in [0.2, 0.25) is 0 Å². The molecule has 8 rings (SSSR count). The first-order chi connectivity index (χ1) is 34.5. The van der Waals surface area contributed by atoms with E-state index in [4.69, 9.17) is 33.2 Å². The van der Waals surface area contributed by atoms with Crippen molar-refractivity contribution >= 4 is 0 Å². The van der Waals surface area contributed by atoms with E-state index in [2.05, 4.69) is 126 Å². The van der Waals surface area contributed by atoms with Crippen LogP contribution in [0.15, 0.2) is 108 Å². The number of rotatable bonds is 17. The highest BCUT2D eigenvalue weighted by Crippen LogP contribution is 2.54. The molecule has 4 saturated heterocycles. The molecule has 0 bridgehead atoms. The summed E-state index contributed by atoms with van der Waals surface area (Å²) in [7, 11) is 0. The van der Waals surface area contributed by atoms with E-state index >= 15 is 0 Å². The van der Waals surface area contributed by atoms with Gasteiger partial charge in [0.1, 0.15) is 17.2 Å². The molecule has 1 N–H and O–H groups in total. The molecule has 71 heavy (non-hydrogen) atoms. The van der Waals surface area contributed by atoms with Gasteiger partial charge in [0.15, 0.2) is 18.9 Å². The van der Waals surface area contributed by atoms with E-state index in [9.17, 15) is 5.11 Å². The highest BCUT2D eigenvalue weighted by atomic mass is 16.7. The molecule has 0 spiro atoms. The quantitative estimate of drug-likeness (QED) is 0.106. The lowest BCUT2D eigenvalue weighted by Crippen LogP contribution is -2.40. The van der Waals surface area contributed by atoms with E-state index in [0.717, 1.165) is 147 Å². The maximum Gasteiger partial charge on any atom is 0.199 e. The highest BCUT2D eigenvalue weighted by Gasteiger charge is 2.45. The number of allylic oxidation sites excluding steroid dienone is 6. The van der Waals surface area contributed by atoms with Crippen LogP contribution in [0, 0.1) is 17.3 Å². The SMILES string of the molecule is C1CCOCC1.CC.C\C=C/C(=C\C=C(/C)O)C1(c2cccc(OC3CCCCO3)c2)CCC(C(C)(C)C(C)CCC(C)(c2ccc(OC3CCCCO3)cc2)c2ccc(OC3CCCCO3)cc2)CC1. The molecular formula is C63H92O8. The van der Waals surface area contributed by atoms with E-state index in [1.807, 2.05) is 19.9 Å². The van der Waals surface area contributed by atoms with Crippen molar-refractivity contribution in [1.29, 1.82) is 0 Å². The molecule has 5 fully saturated rings. The van der Waals surface area contributed by atoms with Gasteiger partial charge in [0.05, 0.1) is 25.6 Å². The molecule has 0 aromatic heterocycles. The Morgan fingerprint density at radius 3 is 1.56 bits per heavy atom. The van der Waals surface area contributed by atoms with E-state index in [0.29, 0.717) is 17.6 Å². The van der Waals surface area contributed by atoms with Crippen molar-refractivity contribution in [2.45, 2.75) is 201 Å². The molecule has 5 aliphatic rings. The fraction of sp³-hybridized carbons (Fsp3) is 0.619. The predicted molar refractivity (Wildman–Crippen MR) is 290 cm³/mol. The molecule has 1 aliphatic carbocycles. The standard InChI is InChI=1S/C56H76O7.C5H10O.C2H6/c1-7-15-46(22-21-42(3)57)56(47-16-14-17-50(40-47)63-53-20-10-13-39-60-53)35-32-43(33-36-56)54(4,5)41(2)31-34-55(6,44-23-27-48(28-24-44)61-51-18-8-11-37-58-51)45-25-29-49(30-26-45)62-52-19-9-12-38-59-52;1-2-4-6-5-3-1;1-2/h7,14-17,21-30,40-41,43,51-53,57H,8-13,18-20,31-39H2,1-6H3;1-5H2;1-2H3/b15-7-,42-21+,46-22+;;. The molecule has 4 heterocycles. The average molecular weight is 977 g/mol. The van der Waals surface area contributed by atoms with Crippen LogP contribution in [0.1, 0.15) is 188 Å². The highest BCUT2D eigenvalue weighted by molar-refractivity contribution is 5.47. The van der Waals surface area contributed by atoms with E-state index < -0.39 is 0 Å². The minimum atomic E-state index is -0.230. The van der Waals surface area contributed by atoms with Crippen LogP contribution in [-0.2, 0) is 29.8 Å². The summed E-state index contributed by atoms with van der Waals surface area (Å²) in [4.78, 5) is 0. The van der Waals surface area contributed by atoms with Crippen LogP contribution in [0.2, 0.25) is 0 Å². The van der Waals surface area contributed by atoms with Crippen LogP contribution in [0.25, 0.3) is 0 Å². The smallest absolute Gasteiger partial charge is 0.199 e. The molecular weight excluding hydrogens is 885 g/mol. The van der Waals surface area contributed by atoms with Gasteiger partial charge in [-0.1, -0.05) is 96.2 Å². The maximum atomic E-state index is 10.3. The zero-order valence-electron chi connectivity index (χ0n) is 45.2. The molecule has 8 nitrogen and oxygen atoms in total. The second kappa shape index (κ2) is 28.4. The predicted octanol–water partition coefficient (Wildman–Crippen LogP) is 16.5. The van der Waals surface area contributed by atoms with Crippen molar-refractivity contribution in [3.8, 4) is 17.2 Å². The van der Waals surface area contributed by atoms with Gasteiger partial charge in [0.25, 0.3) is 0 Å². The van der Waals surface area contributed by atoms with Crippen molar-refractivity contribution in [2.75, 3.05) is 33.0 Å². The van der Waals surface area contributed by atoms with Crippen LogP contribution in [0.5, 0.6) is 17.2 Å². The lowest BCUT2D eigenvalue weighted by Gasteiger charge is -2.49. The Kier molecular flexibility index (Phi) is 22.5. The van der Waals surface area contributed by atoms with Gasteiger partial charge in [-0.25, -0.2) is 0 Å². The number of hydrogen-bond donors (Lipinski definition) is 1. The first-order valence-electron chi connectivity index (χ1n) is 27.9. The third kappa shape index (κ3) is 16.0. The van der Waals surface area contributed by atoms with Crippen LogP contribution in [0.3, 0.4) is 0 Å². The average Bonchev–Trinajstić information content (AvgIpc) is 3.41. The third-order valence-electron chi connectivity index (χ3n) is 16.3. The van der Waals surface area contributed by atoms with E-state index in [1.165, 1.54) is 41.5 Å². The fourth-order valence-corrected chi connectivity index (χ4v) is 11.3. The number of benzene rings is 3. The number of aliphatic hydroxyl groups is 1. The number of ether oxygens (including phenoxy) is 7. The maximum absolute atomic E-state index is 10.3. The monoisotopic (exact) mass is 977 g/mol. The minimum Gasteiger partial charge on any atom is -0.513 e. The molecule has 3 aromatic rings. The second-order valence-electron chi connectivity index (χ2n) is 21.4. The van der Waals surface area contributed by atoms with Crippen LogP contribution in [0.4, 0.5) is 0 Å². The summed E-state index contributed by atoms with van der Waals surface area (Å²) in [6.07, 6.45) is 27.6. The minimum absolute atomic E-state index is 0.109. The molecule has 392 valence electrons. The summed E-state index contributed by atoms with van der Waals surface area (Å²) >= 11 is 0. The number of hydrogen-bond acceptors (Lipinski definition) is 8. The summed E-state index contributed by atoms with van der Waals surface area (Å²) in [6, 6.07) is 26.3. The molecule has 0 radical (unpaired) electrons. The Labute approximate surface area is 429 Å². The Morgan fingerprint density at radius 2 is 1.14 bits per heavy atom. The molecule has 1 saturated carbocycles. The Bertz CT molecular complexity index is 1980. The molecule has 4 unspecified atom stereocenters. The van der Waals surface area contributed by atoms with Gasteiger partial charge in [0, 0.05) is 43.3 Å². The van der Waals surface area contributed by atoms with Crippen LogP contribution >= 0.6 is 0 Å². The Hall–Kier alpha value is -4.08. The van der Waals surface area contributed by atoms with E-state index in [1.54, 1.807) is 6.92 Å². The van der Waals surface area contributed by atoms with Crippen LogP contribution in [-0.4, -0.2) is 57.0 Å². The van der Waals surface area contributed by atoms with Crippen LogP contribution < -0.4 is 14.2 Å². The lowest BCUT2D eigenvalue weighted by molar-refractivity contribution is -0.106. The molecule has 8 heteroatoms. The summed E-state index contributed by atoms with van der Waals surface area (Å²) in [5.74, 6) is 3.93. The fourth-order valence-electron chi connectivity index (χ4n) is 11.3.